The SMILES string of the molecule is Cc1cc(-c2cnn(C(C(=O)N3C[C@H](O)C[C@H]3c3ncc[nH]3)C(C)C)c2)on1. The number of β-amino-alcohol motifs (C(OH)–C–C–N with tert-alkyl or cyclic N) is 1. The van der Waals surface area contributed by atoms with E-state index < -0.39 is 12.1 Å². The predicted octanol–water partition coefficient (Wildman–Crippen LogP) is 2.10. The molecule has 28 heavy (non-hydrogen) atoms. The minimum absolute atomic E-state index is 0.00621. The molecule has 4 heterocycles. The molecular formula is C19H24N6O3. The molecule has 9 nitrogen and oxygen atoms in total. The van der Waals surface area contributed by atoms with Crippen molar-refractivity contribution >= 4 is 5.91 Å². The molecule has 1 aliphatic rings. The van der Waals surface area contributed by atoms with E-state index in [0.717, 1.165) is 11.3 Å². The fourth-order valence-corrected chi connectivity index (χ4v) is 3.77. The number of H-pyrrole nitrogens is 1. The van der Waals surface area contributed by atoms with Crippen LogP contribution in [-0.2, 0) is 4.79 Å². The van der Waals surface area contributed by atoms with Crippen molar-refractivity contribution < 1.29 is 14.4 Å². The number of carbonyl (C=O) groups excluding carboxylic acids is 1. The van der Waals surface area contributed by atoms with Crippen LogP contribution in [0.2, 0.25) is 0 Å². The number of rotatable bonds is 5. The summed E-state index contributed by atoms with van der Waals surface area (Å²) in [5.41, 5.74) is 1.55. The van der Waals surface area contributed by atoms with Crippen LogP contribution in [0.4, 0.5) is 0 Å². The molecule has 1 aliphatic heterocycles. The van der Waals surface area contributed by atoms with E-state index in [9.17, 15) is 9.90 Å². The molecule has 0 aromatic carbocycles. The summed E-state index contributed by atoms with van der Waals surface area (Å²) in [7, 11) is 0. The van der Waals surface area contributed by atoms with Gasteiger partial charge in [-0.05, 0) is 12.8 Å². The number of carbonyl (C=O) groups is 1. The van der Waals surface area contributed by atoms with Crippen LogP contribution in [0, 0.1) is 12.8 Å². The van der Waals surface area contributed by atoms with Gasteiger partial charge >= 0.3 is 0 Å². The molecule has 3 atom stereocenters. The van der Waals surface area contributed by atoms with Gasteiger partial charge in [-0.3, -0.25) is 9.48 Å². The predicted molar refractivity (Wildman–Crippen MR) is 100 cm³/mol. The lowest BCUT2D eigenvalue weighted by molar-refractivity contribution is -0.137. The molecule has 3 aromatic rings. The monoisotopic (exact) mass is 384 g/mol. The van der Waals surface area contributed by atoms with Crippen LogP contribution in [0.15, 0.2) is 35.4 Å². The highest BCUT2D eigenvalue weighted by Gasteiger charge is 2.41. The number of aliphatic hydroxyl groups is 1. The van der Waals surface area contributed by atoms with Gasteiger partial charge in [0.05, 0.1) is 29.6 Å². The number of nitrogens with zero attached hydrogens (tertiary/aromatic N) is 5. The lowest BCUT2D eigenvalue weighted by Crippen LogP contribution is -2.40. The first kappa shape index (κ1) is 18.4. The summed E-state index contributed by atoms with van der Waals surface area (Å²) in [6.45, 7) is 6.10. The van der Waals surface area contributed by atoms with Gasteiger partial charge in [0, 0.05) is 37.6 Å². The molecule has 0 saturated carbocycles. The Kier molecular flexibility index (Phi) is 4.76. The van der Waals surface area contributed by atoms with E-state index >= 15 is 0 Å². The molecule has 1 unspecified atom stereocenters. The molecule has 2 N–H and O–H groups in total. The zero-order valence-electron chi connectivity index (χ0n) is 16.1. The first-order chi connectivity index (χ1) is 13.4. The molecule has 3 aromatic heterocycles. The van der Waals surface area contributed by atoms with E-state index in [1.54, 1.807) is 34.4 Å². The Morgan fingerprint density at radius 2 is 2.25 bits per heavy atom. The van der Waals surface area contributed by atoms with Gasteiger partial charge in [-0.15, -0.1) is 0 Å². The summed E-state index contributed by atoms with van der Waals surface area (Å²) >= 11 is 0. The molecular weight excluding hydrogens is 360 g/mol. The van der Waals surface area contributed by atoms with Crippen LogP contribution in [0.25, 0.3) is 11.3 Å². The summed E-state index contributed by atoms with van der Waals surface area (Å²) in [5, 5.41) is 18.5. The maximum atomic E-state index is 13.5. The zero-order chi connectivity index (χ0) is 19.8. The fourth-order valence-electron chi connectivity index (χ4n) is 3.77. The molecule has 1 fully saturated rings. The topological polar surface area (TPSA) is 113 Å². The Hall–Kier alpha value is -2.94. The van der Waals surface area contributed by atoms with Crippen LogP contribution in [0.5, 0.6) is 0 Å². The van der Waals surface area contributed by atoms with Crippen molar-refractivity contribution in [2.75, 3.05) is 6.54 Å². The summed E-state index contributed by atoms with van der Waals surface area (Å²) < 4.78 is 6.97. The summed E-state index contributed by atoms with van der Waals surface area (Å²) in [6, 6.07) is 1.06. The zero-order valence-corrected chi connectivity index (χ0v) is 16.1. The molecule has 1 saturated heterocycles. The Balaban J connectivity index is 1.62. The standard InChI is InChI=1S/C19H24N6O3/c1-11(2)17(25-9-13(8-22-25)16-6-12(3)23-28-16)19(27)24-10-14(26)7-15(24)18-20-4-5-21-18/h4-6,8-9,11,14-15,17,26H,7,10H2,1-3H3,(H,20,21)/t14-,15+,17?/m1/s1. The highest BCUT2D eigenvalue weighted by atomic mass is 16.5. The van der Waals surface area contributed by atoms with Gasteiger partial charge in [-0.25, -0.2) is 4.98 Å². The van der Waals surface area contributed by atoms with Gasteiger partial charge in [0.2, 0.25) is 5.91 Å². The van der Waals surface area contributed by atoms with Crippen LogP contribution in [0.1, 0.15) is 43.9 Å². The number of likely N-dealkylation sites (tertiary alicyclic amines) is 1. The fraction of sp³-hybridized carbons (Fsp3) is 0.474. The van der Waals surface area contributed by atoms with Gasteiger partial charge in [-0.2, -0.15) is 5.10 Å². The molecule has 0 aliphatic carbocycles. The molecule has 0 radical (unpaired) electrons. The molecule has 4 rings (SSSR count). The first-order valence-corrected chi connectivity index (χ1v) is 9.39. The number of hydrogen-bond acceptors (Lipinski definition) is 6. The van der Waals surface area contributed by atoms with Crippen molar-refractivity contribution in [1.29, 1.82) is 0 Å². The summed E-state index contributed by atoms with van der Waals surface area (Å²) in [6.07, 6.45) is 6.75. The van der Waals surface area contributed by atoms with Gasteiger partial charge < -0.3 is 19.5 Å². The number of imidazole rings is 1. The van der Waals surface area contributed by atoms with Crippen molar-refractivity contribution in [3.8, 4) is 11.3 Å². The summed E-state index contributed by atoms with van der Waals surface area (Å²) in [4.78, 5) is 22.5. The Bertz CT molecular complexity index is 945. The molecule has 1 amide bonds. The normalized spacial score (nSPS) is 20.8. The average molecular weight is 384 g/mol. The minimum Gasteiger partial charge on any atom is -0.391 e. The number of aryl methyl sites for hydroxylation is 1. The smallest absolute Gasteiger partial charge is 0.248 e. The maximum absolute atomic E-state index is 13.5. The van der Waals surface area contributed by atoms with Gasteiger partial charge in [0.15, 0.2) is 5.76 Å². The van der Waals surface area contributed by atoms with Crippen LogP contribution >= 0.6 is 0 Å². The second kappa shape index (κ2) is 7.23. The Morgan fingerprint density at radius 3 is 2.89 bits per heavy atom. The van der Waals surface area contributed by atoms with Crippen molar-refractivity contribution in [1.82, 2.24) is 29.8 Å². The van der Waals surface area contributed by atoms with Gasteiger partial charge in [0.1, 0.15) is 11.9 Å². The third-order valence-corrected chi connectivity index (χ3v) is 5.08. The van der Waals surface area contributed by atoms with Crippen molar-refractivity contribution in [2.24, 2.45) is 5.92 Å². The number of aliphatic hydroxyl groups excluding tert-OH is 1. The third-order valence-electron chi connectivity index (χ3n) is 5.08. The van der Waals surface area contributed by atoms with E-state index in [1.165, 1.54) is 0 Å². The number of aromatic amines is 1. The van der Waals surface area contributed by atoms with Gasteiger partial charge in [0.25, 0.3) is 0 Å². The highest BCUT2D eigenvalue weighted by molar-refractivity contribution is 5.81. The lowest BCUT2D eigenvalue weighted by Gasteiger charge is -2.29. The second-order valence-corrected chi connectivity index (χ2v) is 7.60. The molecule has 9 heteroatoms. The molecule has 0 spiro atoms. The lowest BCUT2D eigenvalue weighted by atomic mass is 10.0. The van der Waals surface area contributed by atoms with E-state index in [4.69, 9.17) is 4.52 Å². The quantitative estimate of drug-likeness (QED) is 0.696. The van der Waals surface area contributed by atoms with E-state index in [0.29, 0.717) is 18.0 Å². The van der Waals surface area contributed by atoms with Crippen molar-refractivity contribution in [3.05, 3.63) is 42.4 Å². The van der Waals surface area contributed by atoms with Crippen LogP contribution < -0.4 is 0 Å². The number of aromatic nitrogens is 5. The maximum Gasteiger partial charge on any atom is 0.248 e. The number of amides is 1. The van der Waals surface area contributed by atoms with Crippen LogP contribution in [0.3, 0.4) is 0 Å². The first-order valence-electron chi connectivity index (χ1n) is 9.39. The van der Waals surface area contributed by atoms with Gasteiger partial charge in [-0.1, -0.05) is 19.0 Å². The number of nitrogens with one attached hydrogen (secondary N) is 1. The Labute approximate surface area is 162 Å². The number of hydrogen-bond donors (Lipinski definition) is 2. The average Bonchev–Trinajstić information content (AvgIpc) is 3.41. The van der Waals surface area contributed by atoms with Crippen molar-refractivity contribution in [2.45, 2.75) is 45.4 Å². The summed E-state index contributed by atoms with van der Waals surface area (Å²) in [5.74, 6) is 1.22. The van der Waals surface area contributed by atoms with E-state index in [1.807, 2.05) is 26.8 Å². The second-order valence-electron chi connectivity index (χ2n) is 7.60. The largest absolute Gasteiger partial charge is 0.391 e. The highest BCUT2D eigenvalue weighted by Crippen LogP contribution is 2.34. The van der Waals surface area contributed by atoms with Crippen LogP contribution in [-0.4, -0.2) is 53.5 Å². The molecule has 0 bridgehead atoms. The third kappa shape index (κ3) is 3.33. The van der Waals surface area contributed by atoms with E-state index in [2.05, 4.69) is 20.2 Å². The minimum atomic E-state index is -0.572. The van der Waals surface area contributed by atoms with E-state index in [-0.39, 0.29) is 24.4 Å². The Morgan fingerprint density at radius 1 is 1.43 bits per heavy atom. The van der Waals surface area contributed by atoms with Crippen molar-refractivity contribution in [3.63, 3.8) is 0 Å². The molecule has 148 valence electrons.